The van der Waals surface area contributed by atoms with Gasteiger partial charge in [0.1, 0.15) is 0 Å². The zero-order chi connectivity index (χ0) is 14.4. The molecule has 0 aliphatic heterocycles. The van der Waals surface area contributed by atoms with Crippen LogP contribution in [0.4, 0.5) is 0 Å². The number of rotatable bonds is 4. The lowest BCUT2D eigenvalue weighted by Gasteiger charge is -2.56. The Morgan fingerprint density at radius 2 is 1.81 bits per heavy atom. The van der Waals surface area contributed by atoms with E-state index in [0.717, 1.165) is 40.5 Å². The highest BCUT2D eigenvalue weighted by Gasteiger charge is 2.50. The van der Waals surface area contributed by atoms with Crippen molar-refractivity contribution in [1.82, 2.24) is 10.3 Å². The average molecular weight is 349 g/mol. The molecule has 4 aliphatic rings. The van der Waals surface area contributed by atoms with Gasteiger partial charge >= 0.3 is 0 Å². The van der Waals surface area contributed by atoms with Crippen molar-refractivity contribution in [2.24, 2.45) is 29.6 Å². The lowest BCUT2D eigenvalue weighted by molar-refractivity contribution is -0.0508. The van der Waals surface area contributed by atoms with Crippen molar-refractivity contribution in [3.05, 3.63) is 28.5 Å². The zero-order valence-electron chi connectivity index (χ0n) is 12.8. The molecule has 4 aliphatic carbocycles. The quantitative estimate of drug-likeness (QED) is 0.887. The highest BCUT2D eigenvalue weighted by molar-refractivity contribution is 9.10. The van der Waals surface area contributed by atoms with Crippen molar-refractivity contribution in [1.29, 1.82) is 0 Å². The molecule has 5 rings (SSSR count). The van der Waals surface area contributed by atoms with Crippen LogP contribution in [0.25, 0.3) is 0 Å². The summed E-state index contributed by atoms with van der Waals surface area (Å²) in [6, 6.07) is 4.89. The van der Waals surface area contributed by atoms with Crippen molar-refractivity contribution >= 4 is 15.9 Å². The van der Waals surface area contributed by atoms with Gasteiger partial charge in [0.2, 0.25) is 0 Å². The highest BCUT2D eigenvalue weighted by atomic mass is 79.9. The van der Waals surface area contributed by atoms with E-state index >= 15 is 0 Å². The summed E-state index contributed by atoms with van der Waals surface area (Å²) in [6.45, 7) is 0. The summed E-state index contributed by atoms with van der Waals surface area (Å²) in [7, 11) is 2.15. The van der Waals surface area contributed by atoms with Gasteiger partial charge in [0.15, 0.2) is 0 Å². The first-order valence-corrected chi connectivity index (χ1v) is 9.30. The third-order valence-corrected chi connectivity index (χ3v) is 6.82. The highest BCUT2D eigenvalue weighted by Crippen LogP contribution is 2.57. The molecule has 114 valence electrons. The molecular formula is C18H25BrN2. The maximum atomic E-state index is 4.59. The van der Waals surface area contributed by atoms with Crippen LogP contribution in [0.1, 0.15) is 37.8 Å². The average Bonchev–Trinajstić information content (AvgIpc) is 2.47. The van der Waals surface area contributed by atoms with Crippen LogP contribution in [0.15, 0.2) is 22.8 Å². The molecule has 4 fully saturated rings. The maximum absolute atomic E-state index is 4.59. The molecule has 0 radical (unpaired) electrons. The lowest BCUT2D eigenvalue weighted by Crippen LogP contribution is -2.53. The van der Waals surface area contributed by atoms with Crippen LogP contribution < -0.4 is 5.32 Å². The largest absolute Gasteiger partial charge is 0.316 e. The van der Waals surface area contributed by atoms with Crippen molar-refractivity contribution in [2.75, 3.05) is 7.05 Å². The van der Waals surface area contributed by atoms with E-state index in [9.17, 15) is 0 Å². The summed E-state index contributed by atoms with van der Waals surface area (Å²) in [5, 5.41) is 3.64. The second kappa shape index (κ2) is 5.66. The van der Waals surface area contributed by atoms with E-state index in [2.05, 4.69) is 45.4 Å². The van der Waals surface area contributed by atoms with Gasteiger partial charge in [-0.2, -0.15) is 0 Å². The number of likely N-dealkylation sites (N-methyl/N-ethyl adjacent to an activating group) is 1. The molecule has 4 bridgehead atoms. The minimum Gasteiger partial charge on any atom is -0.316 e. The fourth-order valence-corrected chi connectivity index (χ4v) is 6.04. The molecule has 1 heterocycles. The van der Waals surface area contributed by atoms with Gasteiger partial charge in [-0.15, -0.1) is 0 Å². The molecule has 0 spiro atoms. The SMILES string of the molecule is CNC(Cc1ccc(Br)cn1)C1C2CC3CC(C2)CC1C3. The molecule has 0 saturated heterocycles. The Kier molecular flexibility index (Phi) is 3.83. The Morgan fingerprint density at radius 3 is 2.33 bits per heavy atom. The van der Waals surface area contributed by atoms with Crippen LogP contribution in [0, 0.1) is 29.6 Å². The minimum absolute atomic E-state index is 0.605. The maximum Gasteiger partial charge on any atom is 0.0420 e. The molecule has 1 unspecified atom stereocenters. The van der Waals surface area contributed by atoms with Gasteiger partial charge < -0.3 is 5.32 Å². The molecule has 1 aromatic rings. The lowest BCUT2D eigenvalue weighted by atomic mass is 9.50. The Balaban J connectivity index is 1.51. The molecule has 3 heteroatoms. The van der Waals surface area contributed by atoms with Gasteiger partial charge in [0.25, 0.3) is 0 Å². The predicted molar refractivity (Wildman–Crippen MR) is 89.0 cm³/mol. The number of pyridine rings is 1. The van der Waals surface area contributed by atoms with E-state index in [1.54, 1.807) is 0 Å². The third-order valence-electron chi connectivity index (χ3n) is 6.35. The standard InChI is InChI=1S/C18H25BrN2/c1-20-17(9-16-3-2-15(19)10-21-16)18-13-5-11-4-12(7-13)8-14(18)6-11/h2-3,10-14,17-18,20H,4-9H2,1H3. The summed E-state index contributed by atoms with van der Waals surface area (Å²) in [6.07, 6.45) is 10.6. The number of hydrogen-bond acceptors (Lipinski definition) is 2. The number of hydrogen-bond donors (Lipinski definition) is 1. The zero-order valence-corrected chi connectivity index (χ0v) is 14.3. The number of aromatic nitrogens is 1. The second-order valence-corrected chi connectivity index (χ2v) is 8.49. The predicted octanol–water partition coefficient (Wildman–Crippen LogP) is 4.05. The minimum atomic E-state index is 0.605. The van der Waals surface area contributed by atoms with Crippen molar-refractivity contribution in [3.8, 4) is 0 Å². The van der Waals surface area contributed by atoms with E-state index in [-0.39, 0.29) is 0 Å². The van der Waals surface area contributed by atoms with Gasteiger partial charge in [-0.05, 0) is 96.8 Å². The summed E-state index contributed by atoms with van der Waals surface area (Å²) in [5.41, 5.74) is 1.23. The van der Waals surface area contributed by atoms with Gasteiger partial charge in [-0.1, -0.05) is 0 Å². The van der Waals surface area contributed by atoms with Gasteiger partial charge in [0, 0.05) is 28.8 Å². The third kappa shape index (κ3) is 2.68. The number of halogens is 1. The summed E-state index contributed by atoms with van der Waals surface area (Å²) < 4.78 is 1.07. The van der Waals surface area contributed by atoms with E-state index in [4.69, 9.17) is 0 Å². The Bertz CT molecular complexity index is 470. The first-order chi connectivity index (χ1) is 10.2. The molecule has 0 amide bonds. The molecule has 21 heavy (non-hydrogen) atoms. The monoisotopic (exact) mass is 348 g/mol. The second-order valence-electron chi connectivity index (χ2n) is 7.58. The number of nitrogens with zero attached hydrogens (tertiary/aromatic N) is 1. The summed E-state index contributed by atoms with van der Waals surface area (Å²) >= 11 is 3.48. The Labute approximate surface area is 136 Å². The van der Waals surface area contributed by atoms with Crippen LogP contribution in [0.5, 0.6) is 0 Å². The molecule has 1 atom stereocenters. The smallest absolute Gasteiger partial charge is 0.0420 e. The van der Waals surface area contributed by atoms with Crippen LogP contribution >= 0.6 is 15.9 Å². The molecule has 0 aromatic carbocycles. The number of nitrogens with one attached hydrogen (secondary N) is 1. The van der Waals surface area contributed by atoms with Crippen LogP contribution in [0.2, 0.25) is 0 Å². The first-order valence-electron chi connectivity index (χ1n) is 8.50. The van der Waals surface area contributed by atoms with E-state index in [1.807, 2.05) is 6.20 Å². The fourth-order valence-electron chi connectivity index (χ4n) is 5.81. The normalized spacial score (nSPS) is 38.7. The van der Waals surface area contributed by atoms with Crippen LogP contribution in [0.3, 0.4) is 0 Å². The van der Waals surface area contributed by atoms with Crippen molar-refractivity contribution < 1.29 is 0 Å². The summed E-state index contributed by atoms with van der Waals surface area (Å²) in [5.74, 6) is 4.97. The van der Waals surface area contributed by atoms with Crippen LogP contribution in [-0.2, 0) is 6.42 Å². The van der Waals surface area contributed by atoms with E-state index in [0.29, 0.717) is 6.04 Å². The van der Waals surface area contributed by atoms with E-state index < -0.39 is 0 Å². The van der Waals surface area contributed by atoms with Crippen molar-refractivity contribution in [2.45, 2.75) is 44.6 Å². The topological polar surface area (TPSA) is 24.9 Å². The Morgan fingerprint density at radius 1 is 1.14 bits per heavy atom. The Hall–Kier alpha value is -0.410. The first kappa shape index (κ1) is 14.2. The van der Waals surface area contributed by atoms with Gasteiger partial charge in [-0.25, -0.2) is 0 Å². The fraction of sp³-hybridized carbons (Fsp3) is 0.722. The van der Waals surface area contributed by atoms with Crippen molar-refractivity contribution in [3.63, 3.8) is 0 Å². The van der Waals surface area contributed by atoms with Gasteiger partial charge in [-0.3, -0.25) is 4.98 Å². The molecule has 1 aromatic heterocycles. The summed E-state index contributed by atoms with van der Waals surface area (Å²) in [4.78, 5) is 4.59. The molecule has 4 saturated carbocycles. The molecular weight excluding hydrogens is 324 g/mol. The van der Waals surface area contributed by atoms with Gasteiger partial charge in [0.05, 0.1) is 0 Å². The van der Waals surface area contributed by atoms with E-state index in [1.165, 1.54) is 37.8 Å². The van der Waals surface area contributed by atoms with Crippen LogP contribution in [-0.4, -0.2) is 18.1 Å². The molecule has 1 N–H and O–H groups in total. The molecule has 2 nitrogen and oxygen atoms in total.